The molecule has 0 aliphatic rings. The fraction of sp³-hybridized carbons (Fsp3) is 0.250. The molecule has 0 fully saturated rings. The van der Waals surface area contributed by atoms with Crippen molar-refractivity contribution in [2.24, 2.45) is 0 Å². The van der Waals surface area contributed by atoms with Crippen molar-refractivity contribution in [2.75, 3.05) is 6.61 Å². The maximum atomic E-state index is 11.1. The predicted octanol–water partition coefficient (Wildman–Crippen LogP) is 2.28. The fourth-order valence-corrected chi connectivity index (χ4v) is 1.21. The van der Waals surface area contributed by atoms with E-state index in [2.05, 4.69) is 4.74 Å². The van der Waals surface area contributed by atoms with Gasteiger partial charge in [-0.3, -0.25) is 0 Å². The minimum absolute atomic E-state index is 0.255. The Labute approximate surface area is 99.3 Å². The standard InChI is InChI=1S/C12H13ClO3/c1-2-16-12(15)11(14)8-5-9-3-6-10(13)7-4-9/h3-8,11,14H,2H2,1H3/t11-/m0/s1. The van der Waals surface area contributed by atoms with Gasteiger partial charge in [-0.25, -0.2) is 4.79 Å². The Kier molecular flexibility index (Phi) is 5.02. The largest absolute Gasteiger partial charge is 0.464 e. The van der Waals surface area contributed by atoms with Crippen LogP contribution in [0.2, 0.25) is 5.02 Å². The van der Waals surface area contributed by atoms with Crippen LogP contribution in [0.1, 0.15) is 12.5 Å². The van der Waals surface area contributed by atoms with Crippen LogP contribution in [0.25, 0.3) is 6.08 Å². The molecule has 0 amide bonds. The maximum Gasteiger partial charge on any atom is 0.339 e. The number of benzene rings is 1. The van der Waals surface area contributed by atoms with Crippen LogP contribution >= 0.6 is 11.6 Å². The molecule has 0 spiro atoms. The molecule has 3 nitrogen and oxygen atoms in total. The van der Waals surface area contributed by atoms with Crippen LogP contribution in [0.15, 0.2) is 30.3 Å². The van der Waals surface area contributed by atoms with Gasteiger partial charge in [0, 0.05) is 5.02 Å². The van der Waals surface area contributed by atoms with Crippen LogP contribution in [0, 0.1) is 0 Å². The van der Waals surface area contributed by atoms with Gasteiger partial charge in [-0.05, 0) is 30.7 Å². The van der Waals surface area contributed by atoms with Crippen molar-refractivity contribution in [1.82, 2.24) is 0 Å². The van der Waals surface area contributed by atoms with Gasteiger partial charge in [-0.15, -0.1) is 0 Å². The molecule has 0 unspecified atom stereocenters. The molecule has 1 aromatic carbocycles. The van der Waals surface area contributed by atoms with E-state index < -0.39 is 12.1 Å². The lowest BCUT2D eigenvalue weighted by Crippen LogP contribution is -2.20. The molecule has 0 saturated carbocycles. The predicted molar refractivity (Wildman–Crippen MR) is 63.1 cm³/mol. The number of aliphatic hydroxyl groups is 1. The second-order valence-electron chi connectivity index (χ2n) is 3.11. The first-order valence-electron chi connectivity index (χ1n) is 4.92. The van der Waals surface area contributed by atoms with E-state index in [1.807, 2.05) is 0 Å². The van der Waals surface area contributed by atoms with Gasteiger partial charge in [-0.2, -0.15) is 0 Å². The van der Waals surface area contributed by atoms with E-state index in [9.17, 15) is 9.90 Å². The van der Waals surface area contributed by atoms with Crippen LogP contribution in [0.4, 0.5) is 0 Å². The number of hydrogen-bond acceptors (Lipinski definition) is 3. The minimum Gasteiger partial charge on any atom is -0.464 e. The van der Waals surface area contributed by atoms with E-state index in [1.165, 1.54) is 6.08 Å². The van der Waals surface area contributed by atoms with Gasteiger partial charge in [0.25, 0.3) is 0 Å². The molecule has 0 heterocycles. The van der Waals surface area contributed by atoms with Crippen LogP contribution in [-0.2, 0) is 9.53 Å². The van der Waals surface area contributed by atoms with Crippen LogP contribution < -0.4 is 0 Å². The van der Waals surface area contributed by atoms with Crippen molar-refractivity contribution < 1.29 is 14.6 Å². The van der Waals surface area contributed by atoms with Gasteiger partial charge >= 0.3 is 5.97 Å². The highest BCUT2D eigenvalue weighted by Gasteiger charge is 2.11. The lowest BCUT2D eigenvalue weighted by Gasteiger charge is -2.04. The molecular weight excluding hydrogens is 228 g/mol. The van der Waals surface area contributed by atoms with E-state index in [0.717, 1.165) is 5.56 Å². The van der Waals surface area contributed by atoms with Crippen molar-refractivity contribution in [2.45, 2.75) is 13.0 Å². The van der Waals surface area contributed by atoms with Gasteiger partial charge < -0.3 is 9.84 Å². The van der Waals surface area contributed by atoms with Crippen molar-refractivity contribution in [3.05, 3.63) is 40.9 Å². The molecular formula is C12H13ClO3. The Morgan fingerprint density at radius 1 is 1.50 bits per heavy atom. The van der Waals surface area contributed by atoms with Crippen molar-refractivity contribution in [1.29, 1.82) is 0 Å². The van der Waals surface area contributed by atoms with Gasteiger partial charge in [0.15, 0.2) is 6.10 Å². The van der Waals surface area contributed by atoms with E-state index >= 15 is 0 Å². The molecule has 0 aromatic heterocycles. The second-order valence-corrected chi connectivity index (χ2v) is 3.54. The lowest BCUT2D eigenvalue weighted by molar-refractivity contribution is -0.150. The first-order valence-corrected chi connectivity index (χ1v) is 5.29. The minimum atomic E-state index is -1.23. The van der Waals surface area contributed by atoms with Crippen LogP contribution in [0.3, 0.4) is 0 Å². The summed E-state index contributed by atoms with van der Waals surface area (Å²) < 4.78 is 4.65. The normalized spacial score (nSPS) is 12.7. The highest BCUT2D eigenvalue weighted by Crippen LogP contribution is 2.10. The van der Waals surface area contributed by atoms with Gasteiger partial charge in [0.1, 0.15) is 0 Å². The first kappa shape index (κ1) is 12.7. The molecule has 1 N–H and O–H groups in total. The molecule has 1 rings (SSSR count). The van der Waals surface area contributed by atoms with E-state index in [0.29, 0.717) is 5.02 Å². The average Bonchev–Trinajstić information content (AvgIpc) is 2.28. The number of ether oxygens (including phenoxy) is 1. The van der Waals surface area contributed by atoms with Crippen molar-refractivity contribution in [3.63, 3.8) is 0 Å². The summed E-state index contributed by atoms with van der Waals surface area (Å²) in [5, 5.41) is 10.0. The zero-order chi connectivity index (χ0) is 12.0. The van der Waals surface area contributed by atoms with Gasteiger partial charge in [0.05, 0.1) is 6.61 Å². The summed E-state index contributed by atoms with van der Waals surface area (Å²) in [6.07, 6.45) is 1.79. The summed E-state index contributed by atoms with van der Waals surface area (Å²) in [6, 6.07) is 7.05. The third-order valence-electron chi connectivity index (χ3n) is 1.87. The number of rotatable bonds is 4. The zero-order valence-corrected chi connectivity index (χ0v) is 9.65. The second kappa shape index (κ2) is 6.30. The molecule has 0 radical (unpaired) electrons. The van der Waals surface area contributed by atoms with Crippen LogP contribution in [-0.4, -0.2) is 23.8 Å². The van der Waals surface area contributed by atoms with Gasteiger partial charge in [0.2, 0.25) is 0 Å². The Morgan fingerprint density at radius 2 is 2.12 bits per heavy atom. The first-order chi connectivity index (χ1) is 7.63. The molecule has 1 atom stereocenters. The quantitative estimate of drug-likeness (QED) is 0.822. The highest BCUT2D eigenvalue weighted by molar-refractivity contribution is 6.30. The van der Waals surface area contributed by atoms with Gasteiger partial charge in [-0.1, -0.05) is 29.8 Å². The molecule has 0 bridgehead atoms. The third kappa shape index (κ3) is 4.04. The number of halogens is 1. The summed E-state index contributed by atoms with van der Waals surface area (Å²) in [6.45, 7) is 1.94. The monoisotopic (exact) mass is 240 g/mol. The Morgan fingerprint density at radius 3 is 2.69 bits per heavy atom. The Bertz CT molecular complexity index is 370. The summed E-state index contributed by atoms with van der Waals surface area (Å²) >= 11 is 5.72. The number of carbonyl (C=O) groups excluding carboxylic acids is 1. The third-order valence-corrected chi connectivity index (χ3v) is 2.12. The highest BCUT2D eigenvalue weighted by atomic mass is 35.5. The molecule has 86 valence electrons. The Balaban J connectivity index is 2.59. The summed E-state index contributed by atoms with van der Waals surface area (Å²) in [4.78, 5) is 11.1. The molecule has 16 heavy (non-hydrogen) atoms. The van der Waals surface area contributed by atoms with Crippen LogP contribution in [0.5, 0.6) is 0 Å². The molecule has 0 aliphatic heterocycles. The SMILES string of the molecule is CCOC(=O)[C@@H](O)C=Cc1ccc(Cl)cc1. The van der Waals surface area contributed by atoms with Crippen molar-refractivity contribution >= 4 is 23.6 Å². The zero-order valence-electron chi connectivity index (χ0n) is 8.89. The number of esters is 1. The Hall–Kier alpha value is -1.32. The maximum absolute atomic E-state index is 11.1. The number of aliphatic hydroxyl groups excluding tert-OH is 1. The molecule has 1 aromatic rings. The molecule has 0 aliphatic carbocycles. The summed E-state index contributed by atoms with van der Waals surface area (Å²) in [5.41, 5.74) is 0.854. The topological polar surface area (TPSA) is 46.5 Å². The number of hydrogen-bond donors (Lipinski definition) is 1. The molecule has 4 heteroatoms. The lowest BCUT2D eigenvalue weighted by atomic mass is 10.2. The average molecular weight is 241 g/mol. The number of carbonyl (C=O) groups is 1. The van der Waals surface area contributed by atoms with E-state index in [1.54, 1.807) is 37.3 Å². The van der Waals surface area contributed by atoms with E-state index in [-0.39, 0.29) is 6.61 Å². The molecule has 0 saturated heterocycles. The van der Waals surface area contributed by atoms with E-state index in [4.69, 9.17) is 11.6 Å². The summed E-state index contributed by atoms with van der Waals surface area (Å²) in [5.74, 6) is -0.646. The smallest absolute Gasteiger partial charge is 0.339 e. The summed E-state index contributed by atoms with van der Waals surface area (Å²) in [7, 11) is 0. The fourth-order valence-electron chi connectivity index (χ4n) is 1.08. The van der Waals surface area contributed by atoms with Crippen molar-refractivity contribution in [3.8, 4) is 0 Å².